The van der Waals surface area contributed by atoms with Crippen LogP contribution in [0.15, 0.2) is 18.2 Å². The fraction of sp³-hybridized carbons (Fsp3) is 0.333. The maximum Gasteiger partial charge on any atom is 0.335 e. The molecule has 1 heterocycles. The molecule has 1 N–H and O–H groups in total. The number of hydrogen-bond acceptors (Lipinski definition) is 4. The van der Waals surface area contributed by atoms with Crippen molar-refractivity contribution in [2.75, 3.05) is 12.0 Å². The van der Waals surface area contributed by atoms with Crippen molar-refractivity contribution in [3.8, 4) is 0 Å². The van der Waals surface area contributed by atoms with Gasteiger partial charge in [0.25, 0.3) is 0 Å². The quantitative estimate of drug-likeness (QED) is 0.859. The Morgan fingerprint density at radius 2 is 1.89 bits per heavy atom. The summed E-state index contributed by atoms with van der Waals surface area (Å²) in [6.07, 6.45) is 1.01. The summed E-state index contributed by atoms with van der Waals surface area (Å²) < 4.78 is 22.2. The molecule has 1 aliphatic rings. The molecular formula is C12H13NO5S. The lowest BCUT2D eigenvalue weighted by Gasteiger charge is -2.14. The number of amides is 1. The van der Waals surface area contributed by atoms with Crippen molar-refractivity contribution < 1.29 is 23.1 Å². The van der Waals surface area contributed by atoms with Gasteiger partial charge in [0.1, 0.15) is 5.75 Å². The van der Waals surface area contributed by atoms with E-state index in [0.717, 1.165) is 17.4 Å². The summed E-state index contributed by atoms with van der Waals surface area (Å²) in [6, 6.07) is 4.66. The standard InChI is InChI=1S/C12H13NO5S/c1-19(17,18)7-11(14)13-5-9-3-2-8(12(15)16)4-10(9)6-13/h2-4H,5-7H2,1H3,(H,15,16). The number of fused-ring (bicyclic) bond motifs is 1. The average Bonchev–Trinajstić information content (AvgIpc) is 2.68. The third-order valence-corrected chi connectivity index (χ3v) is 3.69. The molecule has 19 heavy (non-hydrogen) atoms. The van der Waals surface area contributed by atoms with Gasteiger partial charge in [-0.3, -0.25) is 4.79 Å². The molecule has 0 saturated carbocycles. The van der Waals surface area contributed by atoms with Gasteiger partial charge in [-0.25, -0.2) is 13.2 Å². The Morgan fingerprint density at radius 1 is 1.26 bits per heavy atom. The molecule has 1 aromatic carbocycles. The number of benzene rings is 1. The normalized spacial score (nSPS) is 14.3. The predicted octanol–water partition coefficient (Wildman–Crippen LogP) is 0.272. The van der Waals surface area contributed by atoms with Gasteiger partial charge in [0.2, 0.25) is 5.91 Å². The Kier molecular flexibility index (Phi) is 3.32. The van der Waals surface area contributed by atoms with Gasteiger partial charge in [0.15, 0.2) is 9.84 Å². The Balaban J connectivity index is 2.16. The maximum atomic E-state index is 11.8. The van der Waals surface area contributed by atoms with Crippen molar-refractivity contribution in [1.29, 1.82) is 0 Å². The summed E-state index contributed by atoms with van der Waals surface area (Å²) >= 11 is 0. The van der Waals surface area contributed by atoms with Crippen molar-refractivity contribution in [2.24, 2.45) is 0 Å². The lowest BCUT2D eigenvalue weighted by atomic mass is 10.1. The lowest BCUT2D eigenvalue weighted by Crippen LogP contribution is -2.31. The van der Waals surface area contributed by atoms with Crippen LogP contribution < -0.4 is 0 Å². The van der Waals surface area contributed by atoms with Crippen molar-refractivity contribution in [3.63, 3.8) is 0 Å². The van der Waals surface area contributed by atoms with Gasteiger partial charge in [-0.1, -0.05) is 6.07 Å². The van der Waals surface area contributed by atoms with Crippen LogP contribution in [0.2, 0.25) is 0 Å². The third kappa shape index (κ3) is 3.11. The first kappa shape index (κ1) is 13.5. The first-order valence-electron chi connectivity index (χ1n) is 5.57. The molecule has 1 aromatic rings. The molecule has 0 unspecified atom stereocenters. The first-order valence-corrected chi connectivity index (χ1v) is 7.63. The number of aromatic carboxylic acids is 1. The van der Waals surface area contributed by atoms with E-state index < -0.39 is 27.5 Å². The zero-order valence-electron chi connectivity index (χ0n) is 10.3. The number of nitrogens with zero attached hydrogens (tertiary/aromatic N) is 1. The van der Waals surface area contributed by atoms with Crippen molar-refractivity contribution in [1.82, 2.24) is 4.90 Å². The van der Waals surface area contributed by atoms with Crippen LogP contribution in [0.25, 0.3) is 0 Å². The molecule has 0 radical (unpaired) electrons. The molecule has 0 atom stereocenters. The number of rotatable bonds is 3. The second-order valence-corrected chi connectivity index (χ2v) is 6.75. The van der Waals surface area contributed by atoms with Crippen LogP contribution in [-0.4, -0.2) is 42.3 Å². The Labute approximate surface area is 110 Å². The van der Waals surface area contributed by atoms with Crippen LogP contribution in [0.5, 0.6) is 0 Å². The number of sulfone groups is 1. The summed E-state index contributed by atoms with van der Waals surface area (Å²) in [5, 5.41) is 8.88. The summed E-state index contributed by atoms with van der Waals surface area (Å²) in [7, 11) is -3.36. The average molecular weight is 283 g/mol. The highest BCUT2D eigenvalue weighted by atomic mass is 32.2. The smallest absolute Gasteiger partial charge is 0.335 e. The summed E-state index contributed by atoms with van der Waals surface area (Å²) in [5.74, 6) is -2.01. The molecule has 1 amide bonds. The minimum atomic E-state index is -3.36. The molecule has 6 nitrogen and oxygen atoms in total. The Hall–Kier alpha value is -1.89. The van der Waals surface area contributed by atoms with Crippen LogP contribution in [0.3, 0.4) is 0 Å². The molecule has 0 aliphatic carbocycles. The van der Waals surface area contributed by atoms with Crippen LogP contribution in [0.1, 0.15) is 21.5 Å². The molecule has 7 heteroatoms. The Morgan fingerprint density at radius 3 is 2.47 bits per heavy atom. The van der Waals surface area contributed by atoms with Crippen molar-refractivity contribution in [2.45, 2.75) is 13.1 Å². The molecule has 102 valence electrons. The van der Waals surface area contributed by atoms with E-state index in [1.807, 2.05) is 0 Å². The second-order valence-electron chi connectivity index (χ2n) is 4.61. The molecule has 2 rings (SSSR count). The van der Waals surface area contributed by atoms with E-state index in [1.54, 1.807) is 6.07 Å². The molecular weight excluding hydrogens is 270 g/mol. The van der Waals surface area contributed by atoms with Gasteiger partial charge in [-0.05, 0) is 23.3 Å². The largest absolute Gasteiger partial charge is 0.478 e. The van der Waals surface area contributed by atoms with E-state index in [1.165, 1.54) is 17.0 Å². The zero-order valence-corrected chi connectivity index (χ0v) is 11.1. The van der Waals surface area contributed by atoms with E-state index in [4.69, 9.17) is 5.11 Å². The number of carbonyl (C=O) groups is 2. The molecule has 0 aromatic heterocycles. The summed E-state index contributed by atoms with van der Waals surface area (Å²) in [4.78, 5) is 24.0. The fourth-order valence-corrected chi connectivity index (χ4v) is 2.65. The summed E-state index contributed by atoms with van der Waals surface area (Å²) in [5.41, 5.74) is 1.77. The van der Waals surface area contributed by atoms with Gasteiger partial charge >= 0.3 is 5.97 Å². The third-order valence-electron chi connectivity index (χ3n) is 2.91. The van der Waals surface area contributed by atoms with Crippen LogP contribution >= 0.6 is 0 Å². The van der Waals surface area contributed by atoms with E-state index in [9.17, 15) is 18.0 Å². The Bertz CT molecular complexity index is 650. The molecule has 0 bridgehead atoms. The second kappa shape index (κ2) is 4.65. The minimum Gasteiger partial charge on any atom is -0.478 e. The minimum absolute atomic E-state index is 0.163. The molecule has 0 fully saturated rings. The first-order chi connectivity index (χ1) is 8.76. The maximum absolute atomic E-state index is 11.8. The monoisotopic (exact) mass is 283 g/mol. The zero-order chi connectivity index (χ0) is 14.2. The van der Waals surface area contributed by atoms with Gasteiger partial charge in [-0.15, -0.1) is 0 Å². The number of carboxylic acid groups (broad SMARTS) is 1. The predicted molar refractivity (Wildman–Crippen MR) is 67.4 cm³/mol. The number of carboxylic acids is 1. The van der Waals surface area contributed by atoms with Gasteiger partial charge in [-0.2, -0.15) is 0 Å². The van der Waals surface area contributed by atoms with E-state index in [-0.39, 0.29) is 12.1 Å². The molecule has 1 aliphatic heterocycles. The topological polar surface area (TPSA) is 91.8 Å². The van der Waals surface area contributed by atoms with Crippen LogP contribution in [0, 0.1) is 0 Å². The van der Waals surface area contributed by atoms with E-state index in [0.29, 0.717) is 6.54 Å². The molecule has 0 spiro atoms. The SMILES string of the molecule is CS(=O)(=O)CC(=O)N1Cc2ccc(C(=O)O)cc2C1. The number of hydrogen-bond donors (Lipinski definition) is 1. The molecule has 0 saturated heterocycles. The van der Waals surface area contributed by atoms with E-state index >= 15 is 0 Å². The van der Waals surface area contributed by atoms with E-state index in [2.05, 4.69) is 0 Å². The fourth-order valence-electron chi connectivity index (χ4n) is 2.02. The number of carbonyl (C=O) groups excluding carboxylic acids is 1. The van der Waals surface area contributed by atoms with Crippen molar-refractivity contribution >= 4 is 21.7 Å². The van der Waals surface area contributed by atoms with Gasteiger partial charge in [0, 0.05) is 19.3 Å². The van der Waals surface area contributed by atoms with Crippen LogP contribution in [-0.2, 0) is 27.7 Å². The summed E-state index contributed by atoms with van der Waals surface area (Å²) in [6.45, 7) is 0.578. The van der Waals surface area contributed by atoms with Crippen LogP contribution in [0.4, 0.5) is 0 Å². The highest BCUT2D eigenvalue weighted by Crippen LogP contribution is 2.24. The van der Waals surface area contributed by atoms with Gasteiger partial charge in [0.05, 0.1) is 5.56 Å². The van der Waals surface area contributed by atoms with Gasteiger partial charge < -0.3 is 10.0 Å². The highest BCUT2D eigenvalue weighted by Gasteiger charge is 2.26. The highest BCUT2D eigenvalue weighted by molar-refractivity contribution is 7.91. The van der Waals surface area contributed by atoms with Crippen molar-refractivity contribution in [3.05, 3.63) is 34.9 Å². The lowest BCUT2D eigenvalue weighted by molar-refractivity contribution is -0.129.